The van der Waals surface area contributed by atoms with E-state index in [9.17, 15) is 9.18 Å². The van der Waals surface area contributed by atoms with Crippen molar-refractivity contribution in [3.8, 4) is 0 Å². The third kappa shape index (κ3) is 3.02. The van der Waals surface area contributed by atoms with E-state index in [0.717, 1.165) is 36.6 Å². The first-order valence-electron chi connectivity index (χ1n) is 8.06. The zero-order chi connectivity index (χ0) is 16.7. The first-order valence-corrected chi connectivity index (χ1v) is 8.06. The van der Waals surface area contributed by atoms with Crippen LogP contribution in [0.15, 0.2) is 0 Å². The molecular weight excluding hydrogens is 297 g/mol. The van der Waals surface area contributed by atoms with Crippen molar-refractivity contribution < 1.29 is 9.18 Å². The van der Waals surface area contributed by atoms with Crippen molar-refractivity contribution >= 4 is 11.7 Å². The van der Waals surface area contributed by atoms with Crippen molar-refractivity contribution in [3.63, 3.8) is 0 Å². The molecule has 0 saturated carbocycles. The molecule has 0 spiro atoms. The summed E-state index contributed by atoms with van der Waals surface area (Å²) in [5.74, 6) is 0.748. The standard InChI is InChI=1S/C16H24FN5O/c1-10-11(2)18-14(16(23)22-7-12(17)8-22)19-15(10)21-6-5-13(9-21)20(3)4/h12-13H,5-9H2,1-4H3/t13-/m1/s1. The van der Waals surface area contributed by atoms with Gasteiger partial charge in [-0.1, -0.05) is 0 Å². The molecule has 0 radical (unpaired) electrons. The van der Waals surface area contributed by atoms with Gasteiger partial charge in [0.25, 0.3) is 5.91 Å². The van der Waals surface area contributed by atoms with Crippen molar-refractivity contribution in [2.45, 2.75) is 32.5 Å². The zero-order valence-corrected chi connectivity index (χ0v) is 14.2. The molecule has 3 heterocycles. The molecule has 0 bridgehead atoms. The van der Waals surface area contributed by atoms with Crippen molar-refractivity contribution in [1.82, 2.24) is 19.8 Å². The monoisotopic (exact) mass is 321 g/mol. The van der Waals surface area contributed by atoms with Crippen molar-refractivity contribution in [3.05, 3.63) is 17.1 Å². The van der Waals surface area contributed by atoms with Crippen LogP contribution in [0.4, 0.5) is 10.2 Å². The second-order valence-electron chi connectivity index (χ2n) is 6.74. The topological polar surface area (TPSA) is 52.6 Å². The summed E-state index contributed by atoms with van der Waals surface area (Å²) in [7, 11) is 4.16. The van der Waals surface area contributed by atoms with E-state index < -0.39 is 6.17 Å². The summed E-state index contributed by atoms with van der Waals surface area (Å²) >= 11 is 0. The number of likely N-dealkylation sites (tertiary alicyclic amines) is 1. The number of carbonyl (C=O) groups excluding carboxylic acids is 1. The highest BCUT2D eigenvalue weighted by Crippen LogP contribution is 2.26. The quantitative estimate of drug-likeness (QED) is 0.832. The molecule has 0 aromatic carbocycles. The minimum absolute atomic E-state index is 0.150. The minimum Gasteiger partial charge on any atom is -0.355 e. The highest BCUT2D eigenvalue weighted by atomic mass is 19.1. The van der Waals surface area contributed by atoms with Crippen LogP contribution in [0.25, 0.3) is 0 Å². The highest BCUT2D eigenvalue weighted by molar-refractivity contribution is 5.91. The first kappa shape index (κ1) is 16.1. The fourth-order valence-electron chi connectivity index (χ4n) is 3.10. The molecule has 7 heteroatoms. The number of carbonyl (C=O) groups is 1. The number of rotatable bonds is 3. The SMILES string of the molecule is Cc1nc(C(=O)N2CC(F)C2)nc(N2CC[C@@H](N(C)C)C2)c1C. The van der Waals surface area contributed by atoms with Crippen LogP contribution in [0.3, 0.4) is 0 Å². The molecule has 1 amide bonds. The fourth-order valence-corrected chi connectivity index (χ4v) is 3.10. The maximum Gasteiger partial charge on any atom is 0.291 e. The van der Waals surface area contributed by atoms with Gasteiger partial charge in [-0.05, 0) is 34.4 Å². The lowest BCUT2D eigenvalue weighted by Crippen LogP contribution is -2.52. The molecule has 0 aliphatic carbocycles. The van der Waals surface area contributed by atoms with Gasteiger partial charge in [-0.2, -0.15) is 0 Å². The Hall–Kier alpha value is -1.76. The van der Waals surface area contributed by atoms with Gasteiger partial charge in [-0.15, -0.1) is 0 Å². The Morgan fingerprint density at radius 2 is 1.91 bits per heavy atom. The number of aromatic nitrogens is 2. The normalized spacial score (nSPS) is 21.9. The highest BCUT2D eigenvalue weighted by Gasteiger charge is 2.34. The summed E-state index contributed by atoms with van der Waals surface area (Å²) in [6.45, 7) is 6.00. The van der Waals surface area contributed by atoms with E-state index in [4.69, 9.17) is 0 Å². The van der Waals surface area contributed by atoms with E-state index in [0.29, 0.717) is 6.04 Å². The molecule has 2 aliphatic heterocycles. The number of amides is 1. The maximum atomic E-state index is 13.0. The summed E-state index contributed by atoms with van der Waals surface area (Å²) < 4.78 is 13.0. The number of hydrogen-bond donors (Lipinski definition) is 0. The molecule has 1 atom stereocenters. The molecule has 23 heavy (non-hydrogen) atoms. The summed E-state index contributed by atoms with van der Waals surface area (Å²) in [6.07, 6.45) is 0.165. The van der Waals surface area contributed by atoms with Crippen LogP contribution in [0.5, 0.6) is 0 Å². The Labute approximate surface area is 136 Å². The molecule has 126 valence electrons. The third-order valence-electron chi connectivity index (χ3n) is 4.87. The van der Waals surface area contributed by atoms with E-state index in [-0.39, 0.29) is 24.8 Å². The lowest BCUT2D eigenvalue weighted by molar-refractivity contribution is 0.0388. The summed E-state index contributed by atoms with van der Waals surface area (Å²) in [4.78, 5) is 27.1. The van der Waals surface area contributed by atoms with E-state index in [1.807, 2.05) is 13.8 Å². The van der Waals surface area contributed by atoms with Gasteiger partial charge in [0.15, 0.2) is 0 Å². The number of hydrogen-bond acceptors (Lipinski definition) is 5. The number of alkyl halides is 1. The Balaban J connectivity index is 1.84. The van der Waals surface area contributed by atoms with Crippen LogP contribution in [0.1, 0.15) is 28.3 Å². The minimum atomic E-state index is -0.913. The van der Waals surface area contributed by atoms with Gasteiger partial charge in [-0.25, -0.2) is 14.4 Å². The van der Waals surface area contributed by atoms with E-state index in [1.165, 1.54) is 4.90 Å². The molecule has 2 saturated heterocycles. The molecule has 2 aliphatic rings. The summed E-state index contributed by atoms with van der Waals surface area (Å²) in [5.41, 5.74) is 1.82. The fraction of sp³-hybridized carbons (Fsp3) is 0.688. The average molecular weight is 321 g/mol. The maximum absolute atomic E-state index is 13.0. The smallest absolute Gasteiger partial charge is 0.291 e. The largest absolute Gasteiger partial charge is 0.355 e. The van der Waals surface area contributed by atoms with E-state index >= 15 is 0 Å². The molecule has 0 N–H and O–H groups in total. The van der Waals surface area contributed by atoms with Crippen LogP contribution in [0.2, 0.25) is 0 Å². The van der Waals surface area contributed by atoms with Gasteiger partial charge in [0.1, 0.15) is 12.0 Å². The van der Waals surface area contributed by atoms with E-state index in [1.54, 1.807) is 0 Å². The molecule has 6 nitrogen and oxygen atoms in total. The van der Waals surface area contributed by atoms with Crippen LogP contribution >= 0.6 is 0 Å². The molecule has 2 fully saturated rings. The predicted octanol–water partition coefficient (Wildman–Crippen LogP) is 1.03. The van der Waals surface area contributed by atoms with Crippen molar-refractivity contribution in [2.24, 2.45) is 0 Å². The number of anilines is 1. The van der Waals surface area contributed by atoms with Crippen LogP contribution < -0.4 is 4.90 Å². The molecule has 0 unspecified atom stereocenters. The Bertz CT molecular complexity index is 615. The van der Waals surface area contributed by atoms with Gasteiger partial charge in [0, 0.05) is 30.4 Å². The summed E-state index contributed by atoms with van der Waals surface area (Å²) in [6, 6.07) is 0.492. The second kappa shape index (κ2) is 6.03. The van der Waals surface area contributed by atoms with Crippen LogP contribution in [-0.4, -0.2) is 78.2 Å². The number of aryl methyl sites for hydroxylation is 1. The van der Waals surface area contributed by atoms with Gasteiger partial charge in [0.05, 0.1) is 13.1 Å². The van der Waals surface area contributed by atoms with Crippen LogP contribution in [0, 0.1) is 13.8 Å². The molecular formula is C16H24FN5O. The van der Waals surface area contributed by atoms with Gasteiger partial charge in [0.2, 0.25) is 5.82 Å². The third-order valence-corrected chi connectivity index (χ3v) is 4.87. The lowest BCUT2D eigenvalue weighted by atomic mass is 10.2. The Morgan fingerprint density at radius 3 is 2.48 bits per heavy atom. The predicted molar refractivity (Wildman–Crippen MR) is 86.6 cm³/mol. The molecule has 1 aromatic heterocycles. The Morgan fingerprint density at radius 1 is 1.22 bits per heavy atom. The average Bonchev–Trinajstić information content (AvgIpc) is 2.96. The van der Waals surface area contributed by atoms with Gasteiger partial charge >= 0.3 is 0 Å². The zero-order valence-electron chi connectivity index (χ0n) is 14.2. The number of nitrogens with zero attached hydrogens (tertiary/aromatic N) is 5. The Kier molecular flexibility index (Phi) is 4.23. The van der Waals surface area contributed by atoms with Crippen molar-refractivity contribution in [2.75, 3.05) is 45.2 Å². The number of halogens is 1. The lowest BCUT2D eigenvalue weighted by Gasteiger charge is -2.34. The van der Waals surface area contributed by atoms with Crippen molar-refractivity contribution in [1.29, 1.82) is 0 Å². The number of likely N-dealkylation sites (N-methyl/N-ethyl adjacent to an activating group) is 1. The van der Waals surface area contributed by atoms with Gasteiger partial charge in [-0.3, -0.25) is 4.79 Å². The van der Waals surface area contributed by atoms with Crippen LogP contribution in [-0.2, 0) is 0 Å². The van der Waals surface area contributed by atoms with E-state index in [2.05, 4.69) is 33.9 Å². The summed E-state index contributed by atoms with van der Waals surface area (Å²) in [5, 5.41) is 0. The molecule has 3 rings (SSSR count). The molecule has 1 aromatic rings. The second-order valence-corrected chi connectivity index (χ2v) is 6.74. The first-order chi connectivity index (χ1) is 10.9. The van der Waals surface area contributed by atoms with Gasteiger partial charge < -0.3 is 14.7 Å².